The summed E-state index contributed by atoms with van der Waals surface area (Å²) in [5, 5.41) is 7.59. The van der Waals surface area contributed by atoms with Gasteiger partial charge in [-0.25, -0.2) is 4.79 Å². The van der Waals surface area contributed by atoms with Crippen LogP contribution in [0.25, 0.3) is 11.1 Å². The van der Waals surface area contributed by atoms with Crippen LogP contribution < -0.4 is 5.76 Å². The van der Waals surface area contributed by atoms with Gasteiger partial charge in [0.1, 0.15) is 0 Å². The number of allylic oxidation sites excluding steroid dienone is 1. The maximum Gasteiger partial charge on any atom is 0.419 e. The Morgan fingerprint density at radius 1 is 1.60 bits per heavy atom. The van der Waals surface area contributed by atoms with Crippen LogP contribution in [-0.2, 0) is 7.05 Å². The lowest BCUT2D eigenvalue weighted by atomic mass is 10.1. The number of aryl methyl sites for hydroxylation is 1. The maximum atomic E-state index is 11.2. The van der Waals surface area contributed by atoms with Crippen molar-refractivity contribution in [3.05, 3.63) is 47.0 Å². The molecule has 0 fully saturated rings. The largest absolute Gasteiger partial charge is 0.419 e. The van der Waals surface area contributed by atoms with E-state index in [0.717, 1.165) is 0 Å². The molecule has 0 bridgehead atoms. The molecule has 0 spiro atoms. The van der Waals surface area contributed by atoms with Gasteiger partial charge in [0, 0.05) is 12.6 Å². The zero-order valence-corrected chi connectivity index (χ0v) is 8.28. The zero-order chi connectivity index (χ0) is 11.0. The Morgan fingerprint density at radius 2 is 2.33 bits per heavy atom. The maximum absolute atomic E-state index is 11.2. The van der Waals surface area contributed by atoms with Crippen LogP contribution in [0, 0.1) is 5.41 Å². The third kappa shape index (κ3) is 1.40. The quantitative estimate of drug-likeness (QED) is 0.753. The minimum atomic E-state index is -0.396. The molecule has 1 heterocycles. The molecule has 0 atom stereocenters. The summed E-state index contributed by atoms with van der Waals surface area (Å²) in [7, 11) is 1.63. The lowest BCUT2D eigenvalue weighted by Gasteiger charge is -1.98. The van der Waals surface area contributed by atoms with Crippen LogP contribution in [0.2, 0.25) is 0 Å². The Balaban J connectivity index is 2.74. The summed E-state index contributed by atoms with van der Waals surface area (Å²) in [5.74, 6) is -0.396. The SMILES string of the molecule is C=CC(=N)c1ccc2oc(=O)n(C)c2c1. The molecule has 0 unspecified atom stereocenters. The molecule has 2 aromatic rings. The second-order valence-electron chi connectivity index (χ2n) is 3.23. The van der Waals surface area contributed by atoms with Crippen LogP contribution in [0.15, 0.2) is 40.1 Å². The van der Waals surface area contributed by atoms with Crippen LogP contribution in [0.3, 0.4) is 0 Å². The summed E-state index contributed by atoms with van der Waals surface area (Å²) < 4.78 is 6.39. The Hall–Kier alpha value is -2.10. The van der Waals surface area contributed by atoms with Gasteiger partial charge in [-0.1, -0.05) is 6.58 Å². The molecule has 0 aliphatic heterocycles. The molecule has 0 aliphatic rings. The highest BCUT2D eigenvalue weighted by molar-refractivity contribution is 6.07. The Kier molecular flexibility index (Phi) is 2.04. The van der Waals surface area contributed by atoms with Gasteiger partial charge in [-0.3, -0.25) is 4.57 Å². The summed E-state index contributed by atoms with van der Waals surface area (Å²) in [6.07, 6.45) is 1.46. The highest BCUT2D eigenvalue weighted by atomic mass is 16.4. The number of benzene rings is 1. The van der Waals surface area contributed by atoms with Crippen molar-refractivity contribution in [3.63, 3.8) is 0 Å². The van der Waals surface area contributed by atoms with E-state index in [1.807, 2.05) is 0 Å². The lowest BCUT2D eigenvalue weighted by Crippen LogP contribution is -2.08. The van der Waals surface area contributed by atoms with Crippen LogP contribution in [0.1, 0.15) is 5.56 Å². The first-order chi connectivity index (χ1) is 7.13. The third-order valence-corrected chi connectivity index (χ3v) is 2.31. The van der Waals surface area contributed by atoms with Gasteiger partial charge < -0.3 is 9.83 Å². The average Bonchev–Trinajstić information content (AvgIpc) is 2.54. The fraction of sp³-hybridized carbons (Fsp3) is 0.0909. The zero-order valence-electron chi connectivity index (χ0n) is 8.28. The molecular weight excluding hydrogens is 192 g/mol. The minimum absolute atomic E-state index is 0.325. The molecule has 15 heavy (non-hydrogen) atoms. The molecule has 1 aromatic carbocycles. The predicted molar refractivity (Wildman–Crippen MR) is 58.5 cm³/mol. The summed E-state index contributed by atoms with van der Waals surface area (Å²) >= 11 is 0. The summed E-state index contributed by atoms with van der Waals surface area (Å²) in [5.41, 5.74) is 2.26. The number of nitrogens with zero attached hydrogens (tertiary/aromatic N) is 1. The van der Waals surface area contributed by atoms with Crippen LogP contribution in [0.5, 0.6) is 0 Å². The van der Waals surface area contributed by atoms with Crippen molar-refractivity contribution in [1.29, 1.82) is 5.41 Å². The molecule has 0 amide bonds. The number of oxazole rings is 1. The van der Waals surface area contributed by atoms with E-state index in [4.69, 9.17) is 9.83 Å². The standard InChI is InChI=1S/C11H10N2O2/c1-3-8(12)7-4-5-10-9(6-7)13(2)11(14)15-10/h3-6,12H,1H2,2H3. The number of hydrogen-bond donors (Lipinski definition) is 1. The highest BCUT2D eigenvalue weighted by Crippen LogP contribution is 2.14. The van der Waals surface area contributed by atoms with Crippen molar-refractivity contribution in [2.24, 2.45) is 7.05 Å². The summed E-state index contributed by atoms with van der Waals surface area (Å²) in [6.45, 7) is 3.53. The van der Waals surface area contributed by atoms with Gasteiger partial charge in [-0.05, 0) is 24.3 Å². The van der Waals surface area contributed by atoms with E-state index in [1.54, 1.807) is 25.2 Å². The van der Waals surface area contributed by atoms with Crippen molar-refractivity contribution in [2.45, 2.75) is 0 Å². The topological polar surface area (TPSA) is 59.0 Å². The van der Waals surface area contributed by atoms with Crippen molar-refractivity contribution >= 4 is 16.8 Å². The molecule has 0 saturated heterocycles. The Morgan fingerprint density at radius 3 is 3.00 bits per heavy atom. The van der Waals surface area contributed by atoms with Gasteiger partial charge in [0.25, 0.3) is 0 Å². The van der Waals surface area contributed by atoms with E-state index in [9.17, 15) is 4.79 Å². The van der Waals surface area contributed by atoms with E-state index in [0.29, 0.717) is 22.4 Å². The molecule has 76 valence electrons. The number of nitrogens with one attached hydrogen (secondary N) is 1. The number of fused-ring (bicyclic) bond motifs is 1. The molecular formula is C11H10N2O2. The van der Waals surface area contributed by atoms with E-state index < -0.39 is 5.76 Å². The fourth-order valence-electron chi connectivity index (χ4n) is 1.41. The van der Waals surface area contributed by atoms with Gasteiger partial charge in [0.2, 0.25) is 0 Å². The normalized spacial score (nSPS) is 10.5. The fourth-order valence-corrected chi connectivity index (χ4v) is 1.41. The first-order valence-electron chi connectivity index (χ1n) is 4.44. The molecule has 4 nitrogen and oxygen atoms in total. The van der Waals surface area contributed by atoms with E-state index in [1.165, 1.54) is 10.6 Å². The van der Waals surface area contributed by atoms with Crippen molar-refractivity contribution in [1.82, 2.24) is 4.57 Å². The molecule has 1 aromatic heterocycles. The molecule has 0 aliphatic carbocycles. The van der Waals surface area contributed by atoms with Crippen molar-refractivity contribution in [3.8, 4) is 0 Å². The molecule has 0 saturated carbocycles. The van der Waals surface area contributed by atoms with E-state index in [2.05, 4.69) is 6.58 Å². The second-order valence-corrected chi connectivity index (χ2v) is 3.23. The van der Waals surface area contributed by atoms with Gasteiger partial charge in [0.05, 0.1) is 11.2 Å². The monoisotopic (exact) mass is 202 g/mol. The smallest absolute Gasteiger partial charge is 0.408 e. The lowest BCUT2D eigenvalue weighted by molar-refractivity contribution is 0.528. The van der Waals surface area contributed by atoms with Crippen LogP contribution in [0.4, 0.5) is 0 Å². The third-order valence-electron chi connectivity index (χ3n) is 2.31. The van der Waals surface area contributed by atoms with Gasteiger partial charge in [-0.15, -0.1) is 0 Å². The molecule has 1 N–H and O–H groups in total. The van der Waals surface area contributed by atoms with E-state index >= 15 is 0 Å². The number of hydrogen-bond acceptors (Lipinski definition) is 3. The highest BCUT2D eigenvalue weighted by Gasteiger charge is 2.07. The molecule has 2 rings (SSSR count). The summed E-state index contributed by atoms with van der Waals surface area (Å²) in [4.78, 5) is 11.2. The van der Waals surface area contributed by atoms with E-state index in [-0.39, 0.29) is 0 Å². The molecule has 4 heteroatoms. The number of rotatable bonds is 2. The van der Waals surface area contributed by atoms with Gasteiger partial charge in [0.15, 0.2) is 5.58 Å². The van der Waals surface area contributed by atoms with Crippen molar-refractivity contribution in [2.75, 3.05) is 0 Å². The first-order valence-corrected chi connectivity index (χ1v) is 4.44. The predicted octanol–water partition coefficient (Wildman–Crippen LogP) is 1.69. The minimum Gasteiger partial charge on any atom is -0.408 e. The number of aromatic nitrogens is 1. The second kappa shape index (κ2) is 3.24. The average molecular weight is 202 g/mol. The summed E-state index contributed by atoms with van der Waals surface area (Å²) in [6, 6.07) is 5.16. The van der Waals surface area contributed by atoms with Crippen molar-refractivity contribution < 1.29 is 4.42 Å². The Labute approximate surface area is 86.0 Å². The Bertz CT molecular complexity index is 605. The first kappa shape index (κ1) is 9.45. The van der Waals surface area contributed by atoms with Gasteiger partial charge in [-0.2, -0.15) is 0 Å². The van der Waals surface area contributed by atoms with Crippen LogP contribution in [-0.4, -0.2) is 10.3 Å². The van der Waals surface area contributed by atoms with Crippen LogP contribution >= 0.6 is 0 Å². The van der Waals surface area contributed by atoms with Gasteiger partial charge >= 0.3 is 5.76 Å². The molecule has 0 radical (unpaired) electrons.